The molecule has 1 fully saturated rings. The first-order chi connectivity index (χ1) is 14.2. The van der Waals surface area contributed by atoms with E-state index in [-0.39, 0.29) is 18.2 Å². The highest BCUT2D eigenvalue weighted by Crippen LogP contribution is 2.44. The van der Waals surface area contributed by atoms with E-state index in [1.54, 1.807) is 26.4 Å². The van der Waals surface area contributed by atoms with E-state index in [1.165, 1.54) is 23.2 Å². The Morgan fingerprint density at radius 1 is 0.967 bits per heavy atom. The van der Waals surface area contributed by atoms with Crippen LogP contribution in [0.4, 0.5) is 10.1 Å². The van der Waals surface area contributed by atoms with Gasteiger partial charge < -0.3 is 19.3 Å². The van der Waals surface area contributed by atoms with Gasteiger partial charge in [0.25, 0.3) is 0 Å². The number of aryl methyl sites for hydroxylation is 1. The molecule has 0 N–H and O–H groups in total. The van der Waals surface area contributed by atoms with E-state index in [9.17, 15) is 4.39 Å². The summed E-state index contributed by atoms with van der Waals surface area (Å²) in [5.41, 5.74) is 3.81. The van der Waals surface area contributed by atoms with Crippen molar-refractivity contribution in [2.75, 3.05) is 45.3 Å². The Bertz CT molecular complexity index is 823. The minimum atomic E-state index is -0.163. The number of hydrogen-bond acceptors (Lipinski definition) is 4. The van der Waals surface area contributed by atoms with Crippen LogP contribution in [0.5, 0.6) is 11.5 Å². The number of methoxy groups -OCH3 is 2. The van der Waals surface area contributed by atoms with E-state index < -0.39 is 0 Å². The number of hydrogen-bond donors (Lipinski definition) is 0. The third-order valence-electron chi connectivity index (χ3n) is 6.36. The summed E-state index contributed by atoms with van der Waals surface area (Å²) < 4.78 is 24.4. The number of fused-ring (bicyclic) bond motifs is 1. The average Bonchev–Trinajstić information content (AvgIpc) is 2.77. The summed E-state index contributed by atoms with van der Waals surface area (Å²) in [7, 11) is 3.44. The second kappa shape index (κ2) is 10.4. The molecule has 0 amide bonds. The van der Waals surface area contributed by atoms with Gasteiger partial charge in [0.2, 0.25) is 0 Å². The second-order valence-corrected chi connectivity index (χ2v) is 8.06. The predicted molar refractivity (Wildman–Crippen MR) is 122 cm³/mol. The number of halogens is 2. The number of benzene rings is 2. The van der Waals surface area contributed by atoms with Gasteiger partial charge in [-0.25, -0.2) is 4.39 Å². The molecule has 2 aromatic rings. The van der Waals surface area contributed by atoms with Crippen LogP contribution in [-0.4, -0.2) is 51.3 Å². The first-order valence-corrected chi connectivity index (χ1v) is 10.7. The SMILES string of the molecule is COc1ccc2c(c1OC)N(C1CCN(CCc3ccc(F)cc3)CC1)CCC2.Cl. The zero-order chi connectivity index (χ0) is 20.2. The molecule has 4 nitrogen and oxygen atoms in total. The third kappa shape index (κ3) is 4.84. The van der Waals surface area contributed by atoms with Crippen molar-refractivity contribution in [1.29, 1.82) is 0 Å². The fourth-order valence-electron chi connectivity index (χ4n) is 4.78. The van der Waals surface area contributed by atoms with E-state index in [0.717, 1.165) is 63.4 Å². The highest BCUT2D eigenvalue weighted by Gasteiger charge is 2.31. The Balaban J connectivity index is 0.00000256. The van der Waals surface area contributed by atoms with Gasteiger partial charge in [0.05, 0.1) is 19.9 Å². The standard InChI is InChI=1S/C24H31FN2O2.ClH/c1-28-22-10-7-19-4-3-14-27(23(19)24(22)29-2)21-12-16-26(17-13-21)15-11-18-5-8-20(25)9-6-18;/h5-10,21H,3-4,11-17H2,1-2H3;1H. The van der Waals surface area contributed by atoms with Crippen molar-refractivity contribution in [3.63, 3.8) is 0 Å². The molecule has 2 heterocycles. The van der Waals surface area contributed by atoms with Crippen LogP contribution in [0, 0.1) is 5.82 Å². The number of ether oxygens (including phenoxy) is 2. The van der Waals surface area contributed by atoms with Gasteiger partial charge >= 0.3 is 0 Å². The Labute approximate surface area is 185 Å². The minimum Gasteiger partial charge on any atom is -0.493 e. The smallest absolute Gasteiger partial charge is 0.184 e. The van der Waals surface area contributed by atoms with Crippen LogP contribution in [0.25, 0.3) is 0 Å². The maximum atomic E-state index is 13.1. The number of rotatable bonds is 6. The van der Waals surface area contributed by atoms with Crippen LogP contribution in [0.15, 0.2) is 36.4 Å². The summed E-state index contributed by atoms with van der Waals surface area (Å²) in [5, 5.41) is 0. The Morgan fingerprint density at radius 3 is 2.37 bits per heavy atom. The summed E-state index contributed by atoms with van der Waals surface area (Å²) in [4.78, 5) is 5.10. The predicted octanol–water partition coefficient (Wildman–Crippen LogP) is 4.72. The molecular weight excluding hydrogens is 403 g/mol. The Hall–Kier alpha value is -1.98. The van der Waals surface area contributed by atoms with Gasteiger partial charge in [0.1, 0.15) is 5.82 Å². The van der Waals surface area contributed by atoms with Gasteiger partial charge in [0.15, 0.2) is 11.5 Å². The first-order valence-electron chi connectivity index (χ1n) is 10.7. The lowest BCUT2D eigenvalue weighted by Crippen LogP contribution is -2.47. The zero-order valence-corrected chi connectivity index (χ0v) is 18.7. The van der Waals surface area contributed by atoms with Crippen LogP contribution in [0.2, 0.25) is 0 Å². The molecule has 2 aliphatic rings. The molecule has 1 saturated heterocycles. The number of likely N-dealkylation sites (tertiary alicyclic amines) is 1. The first kappa shape index (κ1) is 22.7. The normalized spacial score (nSPS) is 17.2. The van der Waals surface area contributed by atoms with Gasteiger partial charge in [-0.05, 0) is 61.4 Å². The van der Waals surface area contributed by atoms with Crippen LogP contribution in [0.3, 0.4) is 0 Å². The molecular formula is C24H32ClFN2O2. The Morgan fingerprint density at radius 2 is 1.70 bits per heavy atom. The quantitative estimate of drug-likeness (QED) is 0.656. The van der Waals surface area contributed by atoms with Crippen molar-refractivity contribution in [3.05, 3.63) is 53.3 Å². The third-order valence-corrected chi connectivity index (χ3v) is 6.36. The summed E-state index contributed by atoms with van der Waals surface area (Å²) in [6.45, 7) is 4.32. The average molecular weight is 435 g/mol. The molecule has 164 valence electrons. The number of piperidine rings is 1. The largest absolute Gasteiger partial charge is 0.493 e. The molecule has 30 heavy (non-hydrogen) atoms. The summed E-state index contributed by atoms with van der Waals surface area (Å²) in [5.74, 6) is 1.53. The Kier molecular flexibility index (Phi) is 7.84. The van der Waals surface area contributed by atoms with Gasteiger partial charge in [-0.3, -0.25) is 0 Å². The van der Waals surface area contributed by atoms with E-state index >= 15 is 0 Å². The monoisotopic (exact) mass is 434 g/mol. The van der Waals surface area contributed by atoms with Crippen molar-refractivity contribution >= 4 is 18.1 Å². The van der Waals surface area contributed by atoms with Crippen molar-refractivity contribution in [2.24, 2.45) is 0 Å². The van der Waals surface area contributed by atoms with Crippen molar-refractivity contribution in [1.82, 2.24) is 4.90 Å². The van der Waals surface area contributed by atoms with Crippen molar-refractivity contribution in [2.45, 2.75) is 38.1 Å². The van der Waals surface area contributed by atoms with Crippen molar-refractivity contribution in [3.8, 4) is 11.5 Å². The van der Waals surface area contributed by atoms with Gasteiger partial charge in [0, 0.05) is 32.2 Å². The maximum absolute atomic E-state index is 13.1. The second-order valence-electron chi connectivity index (χ2n) is 8.06. The molecule has 2 aliphatic heterocycles. The van der Waals surface area contributed by atoms with Gasteiger partial charge in [-0.2, -0.15) is 0 Å². The van der Waals surface area contributed by atoms with Crippen molar-refractivity contribution < 1.29 is 13.9 Å². The summed E-state index contributed by atoms with van der Waals surface area (Å²) >= 11 is 0. The molecule has 0 saturated carbocycles. The lowest BCUT2D eigenvalue weighted by Gasteiger charge is -2.43. The van der Waals surface area contributed by atoms with Crippen LogP contribution < -0.4 is 14.4 Å². The highest BCUT2D eigenvalue weighted by atomic mass is 35.5. The molecule has 0 spiro atoms. The molecule has 4 rings (SSSR count). The summed E-state index contributed by atoms with van der Waals surface area (Å²) in [6.07, 6.45) is 5.57. The molecule has 0 radical (unpaired) electrons. The minimum absolute atomic E-state index is 0. The highest BCUT2D eigenvalue weighted by molar-refractivity contribution is 5.85. The summed E-state index contributed by atoms with van der Waals surface area (Å²) in [6, 6.07) is 11.7. The maximum Gasteiger partial charge on any atom is 0.184 e. The molecule has 2 aromatic carbocycles. The molecule has 0 atom stereocenters. The van der Waals surface area contributed by atoms with E-state index in [4.69, 9.17) is 9.47 Å². The fourth-order valence-corrected chi connectivity index (χ4v) is 4.78. The van der Waals surface area contributed by atoms with E-state index in [2.05, 4.69) is 15.9 Å². The molecule has 0 unspecified atom stereocenters. The van der Waals surface area contributed by atoms with Gasteiger partial charge in [-0.1, -0.05) is 18.2 Å². The lowest BCUT2D eigenvalue weighted by molar-refractivity contribution is 0.209. The van der Waals surface area contributed by atoms with E-state index in [1.807, 2.05) is 18.2 Å². The van der Waals surface area contributed by atoms with Crippen LogP contribution in [-0.2, 0) is 12.8 Å². The number of nitrogens with zero attached hydrogens (tertiary/aromatic N) is 2. The lowest BCUT2D eigenvalue weighted by atomic mass is 9.95. The topological polar surface area (TPSA) is 24.9 Å². The number of anilines is 1. The zero-order valence-electron chi connectivity index (χ0n) is 17.9. The van der Waals surface area contributed by atoms with E-state index in [0.29, 0.717) is 6.04 Å². The van der Waals surface area contributed by atoms with Crippen LogP contribution in [0.1, 0.15) is 30.4 Å². The molecule has 0 aromatic heterocycles. The molecule has 0 bridgehead atoms. The fraction of sp³-hybridized carbons (Fsp3) is 0.500. The molecule has 0 aliphatic carbocycles. The van der Waals surface area contributed by atoms with Crippen LogP contribution >= 0.6 is 12.4 Å². The molecule has 6 heteroatoms. The van der Waals surface area contributed by atoms with Gasteiger partial charge in [-0.15, -0.1) is 12.4 Å².